The van der Waals surface area contributed by atoms with Crippen LogP contribution in [0.3, 0.4) is 0 Å². The van der Waals surface area contributed by atoms with E-state index in [1.54, 1.807) is 13.4 Å². The molecule has 1 saturated heterocycles. The fourth-order valence-corrected chi connectivity index (χ4v) is 4.10. The van der Waals surface area contributed by atoms with Gasteiger partial charge in [0, 0.05) is 45.0 Å². The van der Waals surface area contributed by atoms with E-state index in [0.29, 0.717) is 0 Å². The van der Waals surface area contributed by atoms with E-state index in [-0.39, 0.29) is 19.1 Å². The maximum atomic E-state index is 12.5. The van der Waals surface area contributed by atoms with Crippen molar-refractivity contribution in [2.24, 2.45) is 0 Å². The lowest BCUT2D eigenvalue weighted by atomic mass is 10.1. The predicted molar refractivity (Wildman–Crippen MR) is 130 cm³/mol. The third-order valence-electron chi connectivity index (χ3n) is 6.02. The molecule has 1 aromatic heterocycles. The number of hydrogen-bond donors (Lipinski definition) is 2. The molecular weight excluding hydrogens is 432 g/mol. The Morgan fingerprint density at radius 3 is 2.26 bits per heavy atom. The monoisotopic (exact) mass is 462 g/mol. The summed E-state index contributed by atoms with van der Waals surface area (Å²) in [6.45, 7) is 3.93. The van der Waals surface area contributed by atoms with Gasteiger partial charge in [0.05, 0.1) is 19.4 Å². The number of methoxy groups -OCH3 is 1. The van der Waals surface area contributed by atoms with E-state index in [1.165, 1.54) is 5.69 Å². The molecule has 34 heavy (non-hydrogen) atoms. The Balaban J connectivity index is 1.30. The third-order valence-corrected chi connectivity index (χ3v) is 6.02. The zero-order chi connectivity index (χ0) is 23.8. The highest BCUT2D eigenvalue weighted by atomic mass is 16.5. The standard InChI is InChI=1S/C26H30N4O4/c1-33-22-11-9-20(10-12-22)18-27-25(31)26(32)28-19-23(24-8-5-17-34-24)30-15-13-29(14-16-30)21-6-3-2-4-7-21/h2-12,17,23H,13-16,18-19H2,1H3,(H,27,31)(H,28,32)/t23-/m1/s1. The second-order valence-electron chi connectivity index (χ2n) is 8.13. The SMILES string of the molecule is COc1ccc(CNC(=O)C(=O)NC[C@H](c2ccco2)N2CCN(c3ccccc3)CC2)cc1. The molecule has 2 N–H and O–H groups in total. The summed E-state index contributed by atoms with van der Waals surface area (Å²) < 4.78 is 10.8. The Labute approximate surface area is 199 Å². The Morgan fingerprint density at radius 1 is 0.912 bits per heavy atom. The van der Waals surface area contributed by atoms with Crippen molar-refractivity contribution in [2.75, 3.05) is 44.7 Å². The van der Waals surface area contributed by atoms with Gasteiger partial charge in [0.15, 0.2) is 0 Å². The van der Waals surface area contributed by atoms with Crippen LogP contribution < -0.4 is 20.3 Å². The summed E-state index contributed by atoms with van der Waals surface area (Å²) in [5, 5.41) is 5.44. The van der Waals surface area contributed by atoms with Crippen LogP contribution in [0.15, 0.2) is 77.4 Å². The number of ether oxygens (including phenoxy) is 1. The minimum absolute atomic E-state index is 0.147. The first-order chi connectivity index (χ1) is 16.6. The van der Waals surface area contributed by atoms with Gasteiger partial charge in [0.2, 0.25) is 0 Å². The number of anilines is 1. The minimum atomic E-state index is -0.664. The summed E-state index contributed by atoms with van der Waals surface area (Å²) in [5.74, 6) is 0.185. The van der Waals surface area contributed by atoms with Crippen molar-refractivity contribution in [2.45, 2.75) is 12.6 Å². The van der Waals surface area contributed by atoms with Gasteiger partial charge in [-0.3, -0.25) is 14.5 Å². The molecule has 8 heteroatoms. The highest BCUT2D eigenvalue weighted by Crippen LogP contribution is 2.24. The Hall–Kier alpha value is -3.78. The zero-order valence-electron chi connectivity index (χ0n) is 19.3. The molecule has 3 aromatic rings. The number of piperazine rings is 1. The molecule has 2 amide bonds. The van der Waals surface area contributed by atoms with Gasteiger partial charge < -0.3 is 24.7 Å². The molecule has 178 valence electrons. The highest BCUT2D eigenvalue weighted by Gasteiger charge is 2.28. The van der Waals surface area contributed by atoms with E-state index in [1.807, 2.05) is 54.6 Å². The lowest BCUT2D eigenvalue weighted by Gasteiger charge is -2.39. The number of nitrogens with zero attached hydrogens (tertiary/aromatic N) is 2. The van der Waals surface area contributed by atoms with Gasteiger partial charge in [0.1, 0.15) is 11.5 Å². The predicted octanol–water partition coefficient (Wildman–Crippen LogP) is 2.58. The minimum Gasteiger partial charge on any atom is -0.497 e. The summed E-state index contributed by atoms with van der Waals surface area (Å²) in [6.07, 6.45) is 1.63. The van der Waals surface area contributed by atoms with Gasteiger partial charge >= 0.3 is 11.8 Å². The zero-order valence-corrected chi connectivity index (χ0v) is 19.3. The number of rotatable bonds is 8. The molecule has 4 rings (SSSR count). The van der Waals surface area contributed by atoms with Crippen LogP contribution in [0.25, 0.3) is 0 Å². The molecule has 2 aromatic carbocycles. The van der Waals surface area contributed by atoms with Crippen molar-refractivity contribution in [1.29, 1.82) is 0 Å². The molecule has 1 atom stereocenters. The van der Waals surface area contributed by atoms with Crippen LogP contribution in [-0.2, 0) is 16.1 Å². The highest BCUT2D eigenvalue weighted by molar-refractivity contribution is 6.35. The molecule has 0 spiro atoms. The number of hydrogen-bond acceptors (Lipinski definition) is 6. The second-order valence-corrected chi connectivity index (χ2v) is 8.13. The van der Waals surface area contributed by atoms with E-state index in [0.717, 1.165) is 43.3 Å². The first kappa shape index (κ1) is 23.4. The molecule has 0 bridgehead atoms. The molecular formula is C26H30N4O4. The average molecular weight is 463 g/mol. The smallest absolute Gasteiger partial charge is 0.309 e. The van der Waals surface area contributed by atoms with Crippen LogP contribution in [-0.4, -0.2) is 56.5 Å². The number of benzene rings is 2. The molecule has 2 heterocycles. The number of furan rings is 1. The Morgan fingerprint density at radius 2 is 1.62 bits per heavy atom. The molecule has 0 unspecified atom stereocenters. The topological polar surface area (TPSA) is 87.0 Å². The Kier molecular flexibility index (Phi) is 7.83. The number of para-hydroxylation sites is 1. The summed E-state index contributed by atoms with van der Waals surface area (Å²) in [6, 6.07) is 21.3. The normalized spacial score (nSPS) is 14.9. The van der Waals surface area contributed by atoms with Crippen molar-refractivity contribution >= 4 is 17.5 Å². The lowest BCUT2D eigenvalue weighted by Crippen LogP contribution is -2.50. The van der Waals surface area contributed by atoms with Crippen molar-refractivity contribution in [3.05, 3.63) is 84.3 Å². The van der Waals surface area contributed by atoms with Gasteiger partial charge in [-0.25, -0.2) is 0 Å². The van der Waals surface area contributed by atoms with Gasteiger partial charge in [-0.05, 0) is 42.0 Å². The molecule has 0 aliphatic carbocycles. The molecule has 8 nitrogen and oxygen atoms in total. The van der Waals surface area contributed by atoms with Crippen LogP contribution >= 0.6 is 0 Å². The van der Waals surface area contributed by atoms with Crippen LogP contribution in [0.4, 0.5) is 5.69 Å². The molecule has 1 fully saturated rings. The first-order valence-corrected chi connectivity index (χ1v) is 11.4. The number of amides is 2. The second kappa shape index (κ2) is 11.4. The molecule has 1 aliphatic heterocycles. The average Bonchev–Trinajstić information content (AvgIpc) is 3.43. The van der Waals surface area contributed by atoms with Crippen molar-refractivity contribution in [1.82, 2.24) is 15.5 Å². The van der Waals surface area contributed by atoms with E-state index in [4.69, 9.17) is 9.15 Å². The molecule has 0 radical (unpaired) electrons. The van der Waals surface area contributed by atoms with Crippen molar-refractivity contribution in [3.63, 3.8) is 0 Å². The van der Waals surface area contributed by atoms with Crippen LogP contribution in [0.2, 0.25) is 0 Å². The maximum Gasteiger partial charge on any atom is 0.309 e. The largest absolute Gasteiger partial charge is 0.497 e. The number of carbonyl (C=O) groups is 2. The first-order valence-electron chi connectivity index (χ1n) is 11.4. The summed E-state index contributed by atoms with van der Waals surface area (Å²) in [5.41, 5.74) is 2.09. The van der Waals surface area contributed by atoms with Crippen molar-refractivity contribution in [3.8, 4) is 5.75 Å². The van der Waals surface area contributed by atoms with Gasteiger partial charge in [0.25, 0.3) is 0 Å². The molecule has 0 saturated carbocycles. The number of carbonyl (C=O) groups excluding carboxylic acids is 2. The summed E-state index contributed by atoms with van der Waals surface area (Å²) in [4.78, 5) is 29.4. The third kappa shape index (κ3) is 5.96. The fraction of sp³-hybridized carbons (Fsp3) is 0.308. The van der Waals surface area contributed by atoms with Crippen LogP contribution in [0.1, 0.15) is 17.4 Å². The van der Waals surface area contributed by atoms with E-state index in [2.05, 4.69) is 32.6 Å². The van der Waals surface area contributed by atoms with Crippen LogP contribution in [0.5, 0.6) is 5.75 Å². The Bertz CT molecular complexity index is 1050. The lowest BCUT2D eigenvalue weighted by molar-refractivity contribution is -0.139. The molecule has 1 aliphatic rings. The number of nitrogens with one attached hydrogen (secondary N) is 2. The van der Waals surface area contributed by atoms with Gasteiger partial charge in [-0.15, -0.1) is 0 Å². The summed E-state index contributed by atoms with van der Waals surface area (Å²) in [7, 11) is 1.60. The van der Waals surface area contributed by atoms with E-state index >= 15 is 0 Å². The van der Waals surface area contributed by atoms with Gasteiger partial charge in [-0.1, -0.05) is 30.3 Å². The fourth-order valence-electron chi connectivity index (χ4n) is 4.10. The summed E-state index contributed by atoms with van der Waals surface area (Å²) >= 11 is 0. The van der Waals surface area contributed by atoms with E-state index < -0.39 is 11.8 Å². The van der Waals surface area contributed by atoms with Gasteiger partial charge in [-0.2, -0.15) is 0 Å². The quantitative estimate of drug-likeness (QED) is 0.501. The maximum absolute atomic E-state index is 12.5. The van der Waals surface area contributed by atoms with E-state index in [9.17, 15) is 9.59 Å². The van der Waals surface area contributed by atoms with Crippen LogP contribution in [0, 0.1) is 0 Å². The van der Waals surface area contributed by atoms with Crippen molar-refractivity contribution < 1.29 is 18.7 Å².